The van der Waals surface area contributed by atoms with Gasteiger partial charge in [0.15, 0.2) is 0 Å². The number of terminal acetylenes is 1. The highest BCUT2D eigenvalue weighted by Gasteiger charge is 2.06. The van der Waals surface area contributed by atoms with Crippen molar-refractivity contribution in [1.29, 1.82) is 0 Å². The molecule has 1 aromatic carbocycles. The molecule has 1 atom stereocenters. The van der Waals surface area contributed by atoms with Gasteiger partial charge in [0.1, 0.15) is 5.75 Å². The minimum absolute atomic E-state index is 0.197. The second-order valence-electron chi connectivity index (χ2n) is 3.23. The van der Waals surface area contributed by atoms with Crippen molar-refractivity contribution >= 4 is 11.6 Å². The molecule has 2 heteroatoms. The van der Waals surface area contributed by atoms with E-state index in [1.54, 1.807) is 7.11 Å². The van der Waals surface area contributed by atoms with E-state index in [0.29, 0.717) is 5.02 Å². The second kappa shape index (κ2) is 4.93. The largest absolute Gasteiger partial charge is 0.496 e. The van der Waals surface area contributed by atoms with Gasteiger partial charge >= 0.3 is 0 Å². The Morgan fingerprint density at radius 2 is 2.29 bits per heavy atom. The molecule has 74 valence electrons. The van der Waals surface area contributed by atoms with E-state index in [-0.39, 0.29) is 5.92 Å². The molecule has 0 aliphatic carbocycles. The summed E-state index contributed by atoms with van der Waals surface area (Å²) in [6, 6.07) is 5.57. The summed E-state index contributed by atoms with van der Waals surface area (Å²) in [6.07, 6.45) is 6.12. The molecular formula is C12H13ClO. The van der Waals surface area contributed by atoms with E-state index in [9.17, 15) is 0 Å². The summed E-state index contributed by atoms with van der Waals surface area (Å²) in [5, 5.41) is 0.713. The van der Waals surface area contributed by atoms with E-state index in [0.717, 1.165) is 17.7 Å². The van der Waals surface area contributed by atoms with Crippen LogP contribution in [0.25, 0.3) is 0 Å². The smallest absolute Gasteiger partial charge is 0.122 e. The Morgan fingerprint density at radius 3 is 2.86 bits per heavy atom. The molecule has 0 heterocycles. The Morgan fingerprint density at radius 1 is 1.57 bits per heavy atom. The number of hydrogen-bond acceptors (Lipinski definition) is 1. The molecule has 0 saturated heterocycles. The Hall–Kier alpha value is -1.13. The zero-order valence-corrected chi connectivity index (χ0v) is 9.14. The van der Waals surface area contributed by atoms with Crippen molar-refractivity contribution in [3.63, 3.8) is 0 Å². The standard InChI is InChI=1S/C12H13ClO/c1-4-9(2)7-10-8-11(13)5-6-12(10)14-3/h1,5-6,8-9H,7H2,2-3H3. The predicted molar refractivity (Wildman–Crippen MR) is 59.7 cm³/mol. The molecule has 0 amide bonds. The van der Waals surface area contributed by atoms with Gasteiger partial charge in [-0.2, -0.15) is 0 Å². The molecule has 14 heavy (non-hydrogen) atoms. The molecule has 0 spiro atoms. The first-order chi connectivity index (χ1) is 6.67. The van der Waals surface area contributed by atoms with Gasteiger partial charge in [-0.15, -0.1) is 12.3 Å². The van der Waals surface area contributed by atoms with Crippen molar-refractivity contribution in [2.75, 3.05) is 7.11 Å². The van der Waals surface area contributed by atoms with Crippen molar-refractivity contribution in [3.05, 3.63) is 28.8 Å². The SMILES string of the molecule is C#CC(C)Cc1cc(Cl)ccc1OC. The van der Waals surface area contributed by atoms with Crippen LogP contribution in [0.2, 0.25) is 5.02 Å². The van der Waals surface area contributed by atoms with Crippen LogP contribution in [-0.4, -0.2) is 7.11 Å². The minimum Gasteiger partial charge on any atom is -0.496 e. The van der Waals surface area contributed by atoms with Crippen LogP contribution in [-0.2, 0) is 6.42 Å². The van der Waals surface area contributed by atoms with Crippen molar-refractivity contribution in [2.24, 2.45) is 5.92 Å². The summed E-state index contributed by atoms with van der Waals surface area (Å²) < 4.78 is 5.22. The van der Waals surface area contributed by atoms with Gasteiger partial charge in [-0.1, -0.05) is 18.5 Å². The fraction of sp³-hybridized carbons (Fsp3) is 0.333. The van der Waals surface area contributed by atoms with Gasteiger partial charge in [-0.3, -0.25) is 0 Å². The third kappa shape index (κ3) is 2.68. The molecule has 0 saturated carbocycles. The topological polar surface area (TPSA) is 9.23 Å². The third-order valence-electron chi connectivity index (χ3n) is 2.05. The van der Waals surface area contributed by atoms with Gasteiger partial charge in [0.2, 0.25) is 0 Å². The zero-order valence-electron chi connectivity index (χ0n) is 8.38. The molecule has 0 aromatic heterocycles. The van der Waals surface area contributed by atoms with Gasteiger partial charge < -0.3 is 4.74 Å². The molecule has 0 N–H and O–H groups in total. The lowest BCUT2D eigenvalue weighted by Crippen LogP contribution is -1.99. The van der Waals surface area contributed by atoms with E-state index in [1.807, 2.05) is 25.1 Å². The molecule has 0 fully saturated rings. The zero-order chi connectivity index (χ0) is 10.6. The lowest BCUT2D eigenvalue weighted by Gasteiger charge is -2.10. The summed E-state index contributed by atoms with van der Waals surface area (Å²) in [5.74, 6) is 3.73. The molecule has 0 bridgehead atoms. The van der Waals surface area contributed by atoms with Crippen molar-refractivity contribution in [3.8, 4) is 18.1 Å². The summed E-state index contributed by atoms with van der Waals surface area (Å²) in [5.41, 5.74) is 1.06. The fourth-order valence-electron chi connectivity index (χ4n) is 1.30. The van der Waals surface area contributed by atoms with Gasteiger partial charge in [-0.05, 0) is 30.2 Å². The van der Waals surface area contributed by atoms with Crippen molar-refractivity contribution in [1.82, 2.24) is 0 Å². The second-order valence-corrected chi connectivity index (χ2v) is 3.66. The van der Waals surface area contributed by atoms with Crippen LogP contribution in [0.15, 0.2) is 18.2 Å². The summed E-state index contributed by atoms with van der Waals surface area (Å²) in [7, 11) is 1.65. The predicted octanol–water partition coefficient (Wildman–Crippen LogP) is 3.16. The van der Waals surface area contributed by atoms with Crippen LogP contribution < -0.4 is 4.74 Å². The van der Waals surface area contributed by atoms with E-state index in [1.165, 1.54) is 0 Å². The number of halogens is 1. The Bertz CT molecular complexity index is 352. The maximum Gasteiger partial charge on any atom is 0.122 e. The molecule has 1 nitrogen and oxygen atoms in total. The fourth-order valence-corrected chi connectivity index (χ4v) is 1.49. The summed E-state index contributed by atoms with van der Waals surface area (Å²) in [6.45, 7) is 2.00. The number of ether oxygens (including phenoxy) is 1. The number of hydrogen-bond donors (Lipinski definition) is 0. The first-order valence-corrected chi connectivity index (χ1v) is 4.83. The normalized spacial score (nSPS) is 11.9. The van der Waals surface area contributed by atoms with Crippen molar-refractivity contribution in [2.45, 2.75) is 13.3 Å². The van der Waals surface area contributed by atoms with Gasteiger partial charge in [0.25, 0.3) is 0 Å². The highest BCUT2D eigenvalue weighted by Crippen LogP contribution is 2.24. The Balaban J connectivity index is 2.94. The van der Waals surface area contributed by atoms with Crippen LogP contribution in [0.3, 0.4) is 0 Å². The number of methoxy groups -OCH3 is 1. The van der Waals surface area contributed by atoms with Crippen LogP contribution in [0.1, 0.15) is 12.5 Å². The molecule has 1 rings (SSSR count). The maximum atomic E-state index is 5.89. The minimum atomic E-state index is 0.197. The van der Waals surface area contributed by atoms with E-state index in [4.69, 9.17) is 22.8 Å². The van der Waals surface area contributed by atoms with Gasteiger partial charge in [0, 0.05) is 10.9 Å². The molecular weight excluding hydrogens is 196 g/mol. The van der Waals surface area contributed by atoms with E-state index >= 15 is 0 Å². The van der Waals surface area contributed by atoms with E-state index < -0.39 is 0 Å². The number of rotatable bonds is 3. The lowest BCUT2D eigenvalue weighted by atomic mass is 10.0. The molecule has 1 unspecified atom stereocenters. The summed E-state index contributed by atoms with van der Waals surface area (Å²) in [4.78, 5) is 0. The first-order valence-electron chi connectivity index (χ1n) is 4.46. The maximum absolute atomic E-state index is 5.89. The third-order valence-corrected chi connectivity index (χ3v) is 2.29. The van der Waals surface area contributed by atoms with Crippen LogP contribution in [0.5, 0.6) is 5.75 Å². The van der Waals surface area contributed by atoms with Crippen molar-refractivity contribution < 1.29 is 4.74 Å². The van der Waals surface area contributed by atoms with Gasteiger partial charge in [0.05, 0.1) is 7.11 Å². The quantitative estimate of drug-likeness (QED) is 0.694. The lowest BCUT2D eigenvalue weighted by molar-refractivity contribution is 0.408. The molecule has 0 aliphatic rings. The molecule has 0 radical (unpaired) electrons. The highest BCUT2D eigenvalue weighted by molar-refractivity contribution is 6.30. The summed E-state index contributed by atoms with van der Waals surface area (Å²) >= 11 is 5.89. The van der Waals surface area contributed by atoms with Crippen LogP contribution in [0, 0.1) is 18.3 Å². The number of benzene rings is 1. The van der Waals surface area contributed by atoms with Gasteiger partial charge in [-0.25, -0.2) is 0 Å². The highest BCUT2D eigenvalue weighted by atomic mass is 35.5. The average Bonchev–Trinajstić information content (AvgIpc) is 2.18. The van der Waals surface area contributed by atoms with Crippen LogP contribution >= 0.6 is 11.6 Å². The monoisotopic (exact) mass is 208 g/mol. The average molecular weight is 209 g/mol. The molecule has 1 aromatic rings. The molecule has 0 aliphatic heterocycles. The Labute approximate surface area is 90.0 Å². The van der Waals surface area contributed by atoms with Crippen LogP contribution in [0.4, 0.5) is 0 Å². The first kappa shape index (κ1) is 10.9. The Kier molecular flexibility index (Phi) is 3.85. The van der Waals surface area contributed by atoms with E-state index in [2.05, 4.69) is 5.92 Å².